The van der Waals surface area contributed by atoms with Gasteiger partial charge in [0.1, 0.15) is 0 Å². The summed E-state index contributed by atoms with van der Waals surface area (Å²) in [6, 6.07) is 10.3. The first-order valence-corrected chi connectivity index (χ1v) is 5.07. The van der Waals surface area contributed by atoms with Gasteiger partial charge in [0.05, 0.1) is 0 Å². The Kier molecular flexibility index (Phi) is 26.6. The smallest absolute Gasteiger partial charge is 1.00 e. The second-order valence-electron chi connectivity index (χ2n) is 3.51. The quantitative estimate of drug-likeness (QED) is 0.450. The molecule has 0 unspecified atom stereocenters. The van der Waals surface area contributed by atoms with Crippen LogP contribution in [0.4, 0.5) is 0 Å². The Hall–Kier alpha value is 0.283. The van der Waals surface area contributed by atoms with Gasteiger partial charge in [0.25, 0.3) is 0 Å². The molecule has 2 rings (SSSR count). The SMILES string of the molecule is CN(C)[CH-]c1ccccc1.[C-]1=CC=CC1.[Cl-].[Cl-].[Cl-].[Zr+3]. The van der Waals surface area contributed by atoms with Gasteiger partial charge in [-0.15, -0.1) is 25.1 Å². The van der Waals surface area contributed by atoms with Crippen LogP contribution in [0.3, 0.4) is 0 Å². The molecule has 1 radical (unpaired) electrons. The zero-order valence-corrected chi connectivity index (χ0v) is 15.7. The molecule has 0 fully saturated rings. The van der Waals surface area contributed by atoms with E-state index in [-0.39, 0.29) is 63.4 Å². The van der Waals surface area contributed by atoms with Crippen LogP contribution in [0, 0.1) is 12.6 Å². The number of allylic oxidation sites excluding steroid dienone is 4. The molecule has 1 aromatic carbocycles. The zero-order chi connectivity index (χ0) is 10.9. The summed E-state index contributed by atoms with van der Waals surface area (Å²) < 4.78 is 0. The number of benzene rings is 1. The molecule has 0 spiro atoms. The molecule has 1 aliphatic carbocycles. The van der Waals surface area contributed by atoms with Crippen LogP contribution in [0.1, 0.15) is 12.0 Å². The van der Waals surface area contributed by atoms with Crippen LogP contribution in [0.15, 0.2) is 48.6 Å². The molecule has 0 N–H and O–H groups in total. The summed E-state index contributed by atoms with van der Waals surface area (Å²) in [5.41, 5.74) is 1.24. The van der Waals surface area contributed by atoms with Crippen molar-refractivity contribution in [2.24, 2.45) is 0 Å². The first-order valence-electron chi connectivity index (χ1n) is 5.07. The average Bonchev–Trinajstić information content (AvgIpc) is 2.76. The van der Waals surface area contributed by atoms with E-state index >= 15 is 0 Å². The maximum atomic E-state index is 2.99. The van der Waals surface area contributed by atoms with Crippen molar-refractivity contribution in [1.82, 2.24) is 4.90 Å². The number of rotatable bonds is 2. The van der Waals surface area contributed by atoms with Crippen LogP contribution < -0.4 is 37.2 Å². The van der Waals surface area contributed by atoms with E-state index in [4.69, 9.17) is 0 Å². The van der Waals surface area contributed by atoms with Gasteiger partial charge in [0, 0.05) is 0 Å². The number of nitrogens with zero attached hydrogens (tertiary/aromatic N) is 1. The van der Waals surface area contributed by atoms with Gasteiger partial charge >= 0.3 is 26.2 Å². The van der Waals surface area contributed by atoms with E-state index in [0.29, 0.717) is 0 Å². The van der Waals surface area contributed by atoms with Crippen LogP contribution in [0.2, 0.25) is 0 Å². The van der Waals surface area contributed by atoms with Gasteiger partial charge in [0.2, 0.25) is 0 Å². The summed E-state index contributed by atoms with van der Waals surface area (Å²) in [7, 11) is 4.04. The minimum Gasteiger partial charge on any atom is -1.00 e. The first kappa shape index (κ1) is 27.6. The Morgan fingerprint density at radius 2 is 1.63 bits per heavy atom. The van der Waals surface area contributed by atoms with E-state index in [1.807, 2.05) is 49.3 Å². The summed E-state index contributed by atoms with van der Waals surface area (Å²) in [5, 5.41) is 0. The monoisotopic (exact) mass is 394 g/mol. The van der Waals surface area contributed by atoms with E-state index in [1.165, 1.54) is 5.56 Å². The molecule has 0 heterocycles. The topological polar surface area (TPSA) is 3.24 Å². The summed E-state index contributed by atoms with van der Waals surface area (Å²) in [4.78, 5) is 2.04. The number of hydrogen-bond donors (Lipinski definition) is 0. The minimum atomic E-state index is 0. The van der Waals surface area contributed by atoms with Crippen molar-refractivity contribution in [2.45, 2.75) is 6.42 Å². The average molecular weight is 397 g/mol. The number of hydrogen-bond acceptors (Lipinski definition) is 1. The van der Waals surface area contributed by atoms with Crippen molar-refractivity contribution < 1.29 is 63.4 Å². The van der Waals surface area contributed by atoms with Gasteiger partial charge in [-0.25, -0.2) is 12.2 Å². The molecular weight excluding hydrogens is 380 g/mol. The molecular formula is C14H17Cl3NZr-2. The van der Waals surface area contributed by atoms with Gasteiger partial charge in [-0.2, -0.15) is 23.8 Å². The van der Waals surface area contributed by atoms with Gasteiger partial charge in [0.15, 0.2) is 0 Å². The van der Waals surface area contributed by atoms with Gasteiger partial charge < -0.3 is 42.1 Å². The molecule has 0 bridgehead atoms. The second kappa shape index (κ2) is 18.3. The summed E-state index contributed by atoms with van der Waals surface area (Å²) in [6.45, 7) is 2.08. The Labute approximate surface area is 154 Å². The van der Waals surface area contributed by atoms with Gasteiger partial charge in [-0.3, -0.25) is 6.08 Å². The predicted octanol–water partition coefficient (Wildman–Crippen LogP) is -5.93. The summed E-state index contributed by atoms with van der Waals surface area (Å²) in [6.07, 6.45) is 10.0. The van der Waals surface area contributed by atoms with E-state index in [2.05, 4.69) is 30.8 Å². The molecule has 1 aromatic rings. The predicted molar refractivity (Wildman–Crippen MR) is 65.1 cm³/mol. The van der Waals surface area contributed by atoms with Crippen LogP contribution in [0.25, 0.3) is 0 Å². The third-order valence-corrected chi connectivity index (χ3v) is 1.79. The molecule has 0 saturated carbocycles. The Bertz CT molecular complexity index is 317. The minimum absolute atomic E-state index is 0. The van der Waals surface area contributed by atoms with Crippen molar-refractivity contribution in [3.05, 3.63) is 66.7 Å². The molecule has 1 nitrogen and oxygen atoms in total. The van der Waals surface area contributed by atoms with E-state index in [9.17, 15) is 0 Å². The summed E-state index contributed by atoms with van der Waals surface area (Å²) in [5.74, 6) is 0. The molecule has 0 amide bonds. The first-order chi connectivity index (χ1) is 7.29. The third-order valence-electron chi connectivity index (χ3n) is 1.79. The zero-order valence-electron chi connectivity index (χ0n) is 11.0. The van der Waals surface area contributed by atoms with Crippen LogP contribution in [-0.4, -0.2) is 19.0 Å². The molecule has 0 aliphatic heterocycles. The fourth-order valence-corrected chi connectivity index (χ4v) is 1.18. The van der Waals surface area contributed by atoms with Crippen molar-refractivity contribution >= 4 is 0 Å². The van der Waals surface area contributed by atoms with Crippen LogP contribution in [0.5, 0.6) is 0 Å². The second-order valence-corrected chi connectivity index (χ2v) is 3.51. The van der Waals surface area contributed by atoms with E-state index < -0.39 is 0 Å². The van der Waals surface area contributed by atoms with E-state index in [1.54, 1.807) is 0 Å². The molecule has 0 aromatic heterocycles. The molecule has 0 saturated heterocycles. The maximum absolute atomic E-state index is 2.99. The van der Waals surface area contributed by atoms with Gasteiger partial charge in [-0.05, 0) is 14.1 Å². The van der Waals surface area contributed by atoms with E-state index in [0.717, 1.165) is 6.42 Å². The Balaban J connectivity index is -0.000000110. The fourth-order valence-electron chi connectivity index (χ4n) is 1.18. The Morgan fingerprint density at radius 3 is 1.95 bits per heavy atom. The molecule has 5 heteroatoms. The van der Waals surface area contributed by atoms with Crippen molar-refractivity contribution in [3.63, 3.8) is 0 Å². The van der Waals surface area contributed by atoms with Crippen LogP contribution in [-0.2, 0) is 26.2 Å². The largest absolute Gasteiger partial charge is 3.00 e. The molecule has 19 heavy (non-hydrogen) atoms. The Morgan fingerprint density at radius 1 is 1.05 bits per heavy atom. The van der Waals surface area contributed by atoms with Gasteiger partial charge in [-0.1, -0.05) is 6.07 Å². The molecule has 0 atom stereocenters. The molecule has 105 valence electrons. The normalized spacial score (nSPS) is 9.84. The summed E-state index contributed by atoms with van der Waals surface area (Å²) >= 11 is 0. The fraction of sp³-hybridized carbons (Fsp3) is 0.214. The maximum Gasteiger partial charge on any atom is 3.00 e. The standard InChI is InChI=1S/C9H12N.C5H5.3ClH.Zr/c1-10(2)8-9-6-4-3-5-7-9;1-2-4-5-3-1;;;;/h3-8H,1-2H3;1-3H,4H2;3*1H;/q2*-1;;;;+3/p-3. The third kappa shape index (κ3) is 16.2. The van der Waals surface area contributed by atoms with Crippen molar-refractivity contribution in [3.8, 4) is 0 Å². The number of halogens is 3. The van der Waals surface area contributed by atoms with Crippen LogP contribution >= 0.6 is 0 Å². The van der Waals surface area contributed by atoms with Crippen molar-refractivity contribution in [2.75, 3.05) is 14.1 Å². The molecule has 1 aliphatic rings. The van der Waals surface area contributed by atoms with Crippen molar-refractivity contribution in [1.29, 1.82) is 0 Å².